The van der Waals surface area contributed by atoms with Crippen LogP contribution in [0.5, 0.6) is 5.75 Å². The first-order valence-electron chi connectivity index (χ1n) is 4.64. The molecule has 15 heavy (non-hydrogen) atoms. The second kappa shape index (κ2) is 3.61. The molecule has 1 heterocycles. The number of nitrogens with zero attached hydrogens (tertiary/aromatic N) is 1. The van der Waals surface area contributed by atoms with Crippen molar-refractivity contribution < 1.29 is 5.11 Å². The predicted molar refractivity (Wildman–Crippen MR) is 58.8 cm³/mol. The minimum Gasteiger partial charge on any atom is -0.507 e. The van der Waals surface area contributed by atoms with Gasteiger partial charge in [-0.2, -0.15) is 0 Å². The molecule has 0 aliphatic heterocycles. The van der Waals surface area contributed by atoms with E-state index in [9.17, 15) is 9.90 Å². The van der Waals surface area contributed by atoms with Gasteiger partial charge in [-0.1, -0.05) is 18.2 Å². The molecule has 76 valence electrons. The van der Waals surface area contributed by atoms with Gasteiger partial charge in [0.15, 0.2) is 0 Å². The second-order valence-electron chi connectivity index (χ2n) is 3.33. The molecule has 0 unspecified atom stereocenters. The Morgan fingerprint density at radius 2 is 1.80 bits per heavy atom. The molecule has 1 aromatic carbocycles. The van der Waals surface area contributed by atoms with Crippen LogP contribution in [-0.4, -0.2) is 9.67 Å². The quantitative estimate of drug-likeness (QED) is 0.763. The summed E-state index contributed by atoms with van der Waals surface area (Å²) in [5, 5.41) is 9.66. The predicted octanol–water partition coefficient (Wildman–Crippen LogP) is 1.76. The van der Waals surface area contributed by atoms with Crippen molar-refractivity contribution in [1.82, 2.24) is 4.57 Å². The number of aromatic hydroxyl groups is 1. The van der Waals surface area contributed by atoms with Crippen LogP contribution in [0.4, 0.5) is 0 Å². The molecule has 0 aliphatic carbocycles. The number of rotatable bonds is 1. The van der Waals surface area contributed by atoms with E-state index in [4.69, 9.17) is 0 Å². The maximum atomic E-state index is 11.4. The molecule has 0 saturated carbocycles. The lowest BCUT2D eigenvalue weighted by atomic mass is 10.1. The maximum Gasteiger partial charge on any atom is 0.250 e. The summed E-state index contributed by atoms with van der Waals surface area (Å²) in [6.45, 7) is 0. The van der Waals surface area contributed by atoms with Crippen LogP contribution in [0.3, 0.4) is 0 Å². The summed E-state index contributed by atoms with van der Waals surface area (Å²) < 4.78 is 1.51. The normalized spacial score (nSPS) is 10.2. The van der Waals surface area contributed by atoms with Crippen molar-refractivity contribution in [3.05, 3.63) is 52.8 Å². The zero-order valence-corrected chi connectivity index (χ0v) is 8.34. The van der Waals surface area contributed by atoms with Crippen LogP contribution in [-0.2, 0) is 7.05 Å². The van der Waals surface area contributed by atoms with Gasteiger partial charge in [-0.05, 0) is 18.2 Å². The van der Waals surface area contributed by atoms with Gasteiger partial charge in [-0.3, -0.25) is 4.79 Å². The molecule has 0 atom stereocenters. The molecule has 1 N–H and O–H groups in total. The summed E-state index contributed by atoms with van der Waals surface area (Å²) in [6, 6.07) is 11.9. The van der Waals surface area contributed by atoms with E-state index in [1.54, 1.807) is 37.4 Å². The van der Waals surface area contributed by atoms with Gasteiger partial charge in [-0.15, -0.1) is 0 Å². The third-order valence-electron chi connectivity index (χ3n) is 2.36. The molecule has 0 saturated heterocycles. The molecule has 0 bridgehead atoms. The van der Waals surface area contributed by atoms with E-state index in [0.29, 0.717) is 11.3 Å². The number of para-hydroxylation sites is 1. The molecule has 2 aromatic rings. The molecule has 2 rings (SSSR count). The van der Waals surface area contributed by atoms with Crippen LogP contribution in [0.1, 0.15) is 0 Å². The zero-order chi connectivity index (χ0) is 10.8. The average Bonchev–Trinajstić information content (AvgIpc) is 2.23. The summed E-state index contributed by atoms with van der Waals surface area (Å²) in [6.07, 6.45) is 0. The van der Waals surface area contributed by atoms with Gasteiger partial charge in [0.2, 0.25) is 0 Å². The summed E-state index contributed by atoms with van der Waals surface area (Å²) in [4.78, 5) is 11.4. The van der Waals surface area contributed by atoms with Crippen molar-refractivity contribution in [2.24, 2.45) is 7.05 Å². The molecule has 0 radical (unpaired) electrons. The summed E-state index contributed by atoms with van der Waals surface area (Å²) in [7, 11) is 1.68. The topological polar surface area (TPSA) is 42.2 Å². The van der Waals surface area contributed by atoms with E-state index in [1.165, 1.54) is 10.6 Å². The monoisotopic (exact) mass is 201 g/mol. The summed E-state index contributed by atoms with van der Waals surface area (Å²) >= 11 is 0. The van der Waals surface area contributed by atoms with E-state index in [2.05, 4.69) is 0 Å². The lowest BCUT2D eigenvalue weighted by Crippen LogP contribution is -2.16. The number of pyridine rings is 1. The molecule has 0 spiro atoms. The van der Waals surface area contributed by atoms with E-state index in [-0.39, 0.29) is 11.3 Å². The number of phenolic OH excluding ortho intramolecular Hbond substituents is 1. The number of benzene rings is 1. The molecule has 3 heteroatoms. The Bertz CT molecular complexity index is 543. The highest BCUT2D eigenvalue weighted by molar-refractivity contribution is 5.66. The van der Waals surface area contributed by atoms with Crippen LogP contribution >= 0.6 is 0 Å². The molecular weight excluding hydrogens is 190 g/mol. The van der Waals surface area contributed by atoms with Crippen LogP contribution in [0.15, 0.2) is 47.3 Å². The van der Waals surface area contributed by atoms with Crippen LogP contribution in [0.25, 0.3) is 11.3 Å². The highest BCUT2D eigenvalue weighted by Crippen LogP contribution is 2.26. The highest BCUT2D eigenvalue weighted by Gasteiger charge is 2.06. The average molecular weight is 201 g/mol. The number of hydrogen-bond donors (Lipinski definition) is 1. The first kappa shape index (κ1) is 9.52. The van der Waals surface area contributed by atoms with Gasteiger partial charge >= 0.3 is 0 Å². The van der Waals surface area contributed by atoms with Crippen molar-refractivity contribution in [3.63, 3.8) is 0 Å². The van der Waals surface area contributed by atoms with Crippen molar-refractivity contribution in [3.8, 4) is 17.0 Å². The van der Waals surface area contributed by atoms with Crippen molar-refractivity contribution >= 4 is 0 Å². The molecule has 3 nitrogen and oxygen atoms in total. The molecule has 1 aromatic heterocycles. The number of aromatic nitrogens is 1. The van der Waals surface area contributed by atoms with Crippen molar-refractivity contribution in [2.45, 2.75) is 0 Å². The van der Waals surface area contributed by atoms with E-state index < -0.39 is 0 Å². The van der Waals surface area contributed by atoms with Crippen LogP contribution in [0.2, 0.25) is 0 Å². The van der Waals surface area contributed by atoms with Crippen LogP contribution < -0.4 is 5.56 Å². The summed E-state index contributed by atoms with van der Waals surface area (Å²) in [5.41, 5.74) is 1.29. The van der Waals surface area contributed by atoms with E-state index >= 15 is 0 Å². The largest absolute Gasteiger partial charge is 0.507 e. The van der Waals surface area contributed by atoms with E-state index in [0.717, 1.165) is 0 Å². The SMILES string of the molecule is Cn1c(-c2ccccc2O)cccc1=O. The molecule has 0 amide bonds. The van der Waals surface area contributed by atoms with Gasteiger partial charge in [0.1, 0.15) is 5.75 Å². The zero-order valence-electron chi connectivity index (χ0n) is 8.34. The summed E-state index contributed by atoms with van der Waals surface area (Å²) in [5.74, 6) is 0.179. The fourth-order valence-electron chi connectivity index (χ4n) is 1.52. The number of hydrogen-bond acceptors (Lipinski definition) is 2. The smallest absolute Gasteiger partial charge is 0.250 e. The highest BCUT2D eigenvalue weighted by atomic mass is 16.3. The standard InChI is InChI=1S/C12H11NO2/c1-13-10(6-4-8-12(13)15)9-5-2-3-7-11(9)14/h2-8,14H,1H3. The fourth-order valence-corrected chi connectivity index (χ4v) is 1.52. The first-order valence-corrected chi connectivity index (χ1v) is 4.64. The van der Waals surface area contributed by atoms with Gasteiger partial charge in [-0.25, -0.2) is 0 Å². The Morgan fingerprint density at radius 3 is 2.53 bits per heavy atom. The van der Waals surface area contributed by atoms with Gasteiger partial charge < -0.3 is 9.67 Å². The Kier molecular flexibility index (Phi) is 2.29. The second-order valence-corrected chi connectivity index (χ2v) is 3.33. The minimum atomic E-state index is -0.0873. The van der Waals surface area contributed by atoms with Crippen molar-refractivity contribution in [2.75, 3.05) is 0 Å². The molecule has 0 aliphatic rings. The number of phenols is 1. The lowest BCUT2D eigenvalue weighted by molar-refractivity contribution is 0.476. The van der Waals surface area contributed by atoms with E-state index in [1.807, 2.05) is 6.07 Å². The fraction of sp³-hybridized carbons (Fsp3) is 0.0833. The van der Waals surface area contributed by atoms with Gasteiger partial charge in [0.05, 0.1) is 5.69 Å². The Labute approximate surface area is 87.2 Å². The molecular formula is C12H11NO2. The Balaban J connectivity index is 2.70. The third-order valence-corrected chi connectivity index (χ3v) is 2.36. The Hall–Kier alpha value is -2.03. The van der Waals surface area contributed by atoms with Gasteiger partial charge in [0, 0.05) is 18.7 Å². The van der Waals surface area contributed by atoms with Gasteiger partial charge in [0.25, 0.3) is 5.56 Å². The molecule has 0 fully saturated rings. The Morgan fingerprint density at radius 1 is 1.07 bits per heavy atom. The van der Waals surface area contributed by atoms with Crippen LogP contribution in [0, 0.1) is 0 Å². The maximum absolute atomic E-state index is 11.4. The van der Waals surface area contributed by atoms with Crippen molar-refractivity contribution in [1.29, 1.82) is 0 Å². The minimum absolute atomic E-state index is 0.0873. The third kappa shape index (κ3) is 1.64. The first-order chi connectivity index (χ1) is 7.20. The lowest BCUT2D eigenvalue weighted by Gasteiger charge is -2.08.